The number of carbonyl (C=O) groups excluding carboxylic acids is 2. The third-order valence-corrected chi connectivity index (χ3v) is 3.47. The first-order chi connectivity index (χ1) is 10.7. The Morgan fingerprint density at radius 2 is 2.09 bits per heavy atom. The maximum absolute atomic E-state index is 12.4. The fourth-order valence-corrected chi connectivity index (χ4v) is 2.46. The Morgan fingerprint density at radius 3 is 2.74 bits per heavy atom. The minimum absolute atomic E-state index is 0.00357. The quantitative estimate of drug-likeness (QED) is 0.811. The first-order valence-corrected chi connectivity index (χ1v) is 7.18. The Labute approximate surface area is 131 Å². The van der Waals surface area contributed by atoms with E-state index in [2.05, 4.69) is 5.32 Å². The molecule has 23 heavy (non-hydrogen) atoms. The van der Waals surface area contributed by atoms with Crippen molar-refractivity contribution >= 4 is 17.5 Å². The second-order valence-electron chi connectivity index (χ2n) is 5.49. The molecule has 0 spiro atoms. The zero-order chi connectivity index (χ0) is 17.0. The Balaban J connectivity index is 1.99. The molecule has 1 atom stereocenters. The molecule has 2 rings (SSSR count). The molecule has 1 aromatic carbocycles. The number of alkyl halides is 3. The maximum Gasteiger partial charge on any atom is 0.393 e. The molecule has 2 N–H and O–H groups in total. The van der Waals surface area contributed by atoms with Crippen molar-refractivity contribution in [2.24, 2.45) is 0 Å². The summed E-state index contributed by atoms with van der Waals surface area (Å²) in [6.45, 7) is 0.456. The van der Waals surface area contributed by atoms with Crippen LogP contribution >= 0.6 is 0 Å². The number of halogens is 3. The average Bonchev–Trinajstić information content (AvgIpc) is 2.45. The summed E-state index contributed by atoms with van der Waals surface area (Å²) >= 11 is 0. The van der Waals surface area contributed by atoms with Crippen molar-refractivity contribution in [1.82, 2.24) is 4.90 Å². The van der Waals surface area contributed by atoms with Gasteiger partial charge < -0.3 is 15.3 Å². The molecule has 1 unspecified atom stereocenters. The van der Waals surface area contributed by atoms with Crippen molar-refractivity contribution in [3.63, 3.8) is 0 Å². The Morgan fingerprint density at radius 1 is 1.35 bits per heavy atom. The number of rotatable bonds is 2. The number of nitrogens with one attached hydrogen (secondary N) is 1. The molecule has 1 aliphatic rings. The predicted molar refractivity (Wildman–Crippen MR) is 76.7 cm³/mol. The van der Waals surface area contributed by atoms with Crippen LogP contribution in [-0.2, 0) is 16.0 Å². The van der Waals surface area contributed by atoms with Crippen LogP contribution in [-0.4, -0.2) is 47.2 Å². The molecule has 8 heteroatoms. The van der Waals surface area contributed by atoms with Gasteiger partial charge >= 0.3 is 18.0 Å². The van der Waals surface area contributed by atoms with E-state index in [0.717, 1.165) is 0 Å². The van der Waals surface area contributed by atoms with Gasteiger partial charge in [0.2, 0.25) is 0 Å². The van der Waals surface area contributed by atoms with Crippen molar-refractivity contribution in [3.05, 3.63) is 29.8 Å². The van der Waals surface area contributed by atoms with Gasteiger partial charge in [-0.1, -0.05) is 12.1 Å². The first-order valence-electron chi connectivity index (χ1n) is 7.18. The van der Waals surface area contributed by atoms with E-state index in [4.69, 9.17) is 0 Å². The number of benzene rings is 1. The highest BCUT2D eigenvalue weighted by atomic mass is 19.4. The number of aliphatic hydroxyl groups excluding tert-OH is 1. The van der Waals surface area contributed by atoms with Crippen LogP contribution in [0.2, 0.25) is 0 Å². The monoisotopic (exact) mass is 330 g/mol. The Kier molecular flexibility index (Phi) is 5.25. The summed E-state index contributed by atoms with van der Waals surface area (Å²) in [5, 5.41) is 11.8. The number of hydrogen-bond acceptors (Lipinski definition) is 3. The van der Waals surface area contributed by atoms with E-state index >= 15 is 0 Å². The van der Waals surface area contributed by atoms with Gasteiger partial charge in [0.1, 0.15) is 0 Å². The topological polar surface area (TPSA) is 69.6 Å². The SMILES string of the molecule is O=C(Nc1cccc(CC(F)(F)F)c1)C(=O)N1CCCC(O)C1. The van der Waals surface area contributed by atoms with Crippen LogP contribution < -0.4 is 5.32 Å². The van der Waals surface area contributed by atoms with Crippen LogP contribution in [0.5, 0.6) is 0 Å². The van der Waals surface area contributed by atoms with Gasteiger partial charge in [-0.2, -0.15) is 13.2 Å². The molecule has 1 fully saturated rings. The van der Waals surface area contributed by atoms with E-state index in [1.54, 1.807) is 0 Å². The smallest absolute Gasteiger partial charge is 0.391 e. The lowest BCUT2D eigenvalue weighted by Crippen LogP contribution is -2.46. The second kappa shape index (κ2) is 6.99. The molecule has 126 valence electrons. The fraction of sp³-hybridized carbons (Fsp3) is 0.467. The highest BCUT2D eigenvalue weighted by Gasteiger charge is 2.29. The van der Waals surface area contributed by atoms with Crippen LogP contribution in [0.25, 0.3) is 0 Å². The second-order valence-corrected chi connectivity index (χ2v) is 5.49. The van der Waals surface area contributed by atoms with E-state index < -0.39 is 30.5 Å². The summed E-state index contributed by atoms with van der Waals surface area (Å²) in [7, 11) is 0. The van der Waals surface area contributed by atoms with E-state index in [1.807, 2.05) is 0 Å². The summed E-state index contributed by atoms with van der Waals surface area (Å²) in [4.78, 5) is 25.1. The molecule has 1 aromatic rings. The molecule has 0 bridgehead atoms. The third-order valence-electron chi connectivity index (χ3n) is 3.47. The van der Waals surface area contributed by atoms with Crippen LogP contribution in [0.4, 0.5) is 18.9 Å². The van der Waals surface area contributed by atoms with Gasteiger partial charge in [0, 0.05) is 18.8 Å². The van der Waals surface area contributed by atoms with E-state index in [9.17, 15) is 27.9 Å². The minimum atomic E-state index is -4.34. The number of carbonyl (C=O) groups is 2. The summed E-state index contributed by atoms with van der Waals surface area (Å²) in [6, 6.07) is 5.28. The summed E-state index contributed by atoms with van der Waals surface area (Å²) < 4.78 is 37.1. The number of likely N-dealkylation sites (tertiary alicyclic amines) is 1. The van der Waals surface area contributed by atoms with Gasteiger partial charge in [0.15, 0.2) is 0 Å². The normalized spacial score (nSPS) is 18.6. The number of aliphatic hydroxyl groups is 1. The molecule has 2 amide bonds. The van der Waals surface area contributed by atoms with Crippen molar-refractivity contribution in [2.45, 2.75) is 31.5 Å². The fourth-order valence-electron chi connectivity index (χ4n) is 2.46. The van der Waals surface area contributed by atoms with Gasteiger partial charge in [-0.15, -0.1) is 0 Å². The van der Waals surface area contributed by atoms with Gasteiger partial charge in [-0.25, -0.2) is 0 Å². The molecule has 5 nitrogen and oxygen atoms in total. The highest BCUT2D eigenvalue weighted by Crippen LogP contribution is 2.23. The Bertz CT molecular complexity index is 590. The zero-order valence-electron chi connectivity index (χ0n) is 12.3. The minimum Gasteiger partial charge on any atom is -0.391 e. The van der Waals surface area contributed by atoms with Crippen molar-refractivity contribution in [1.29, 1.82) is 0 Å². The average molecular weight is 330 g/mol. The molecule has 0 aliphatic carbocycles. The first kappa shape index (κ1) is 17.3. The lowest BCUT2D eigenvalue weighted by atomic mass is 10.1. The Hall–Kier alpha value is -2.09. The molecule has 0 radical (unpaired) electrons. The molecular weight excluding hydrogens is 313 g/mol. The molecule has 1 saturated heterocycles. The maximum atomic E-state index is 12.4. The molecule has 0 saturated carbocycles. The lowest BCUT2D eigenvalue weighted by Gasteiger charge is -2.29. The molecule has 1 heterocycles. The number of nitrogens with zero attached hydrogens (tertiary/aromatic N) is 1. The van der Waals surface area contributed by atoms with Crippen LogP contribution in [0.15, 0.2) is 24.3 Å². The zero-order valence-corrected chi connectivity index (χ0v) is 12.3. The van der Waals surface area contributed by atoms with Gasteiger partial charge in [-0.05, 0) is 30.5 Å². The van der Waals surface area contributed by atoms with Crippen LogP contribution in [0.3, 0.4) is 0 Å². The highest BCUT2D eigenvalue weighted by molar-refractivity contribution is 6.39. The van der Waals surface area contributed by atoms with Gasteiger partial charge in [0.05, 0.1) is 12.5 Å². The van der Waals surface area contributed by atoms with E-state index in [1.165, 1.54) is 29.2 Å². The number of piperidine rings is 1. The van der Waals surface area contributed by atoms with Gasteiger partial charge in [0.25, 0.3) is 0 Å². The molecular formula is C15H17F3N2O3. The van der Waals surface area contributed by atoms with Crippen molar-refractivity contribution < 1.29 is 27.9 Å². The largest absolute Gasteiger partial charge is 0.393 e. The van der Waals surface area contributed by atoms with Crippen LogP contribution in [0.1, 0.15) is 18.4 Å². The van der Waals surface area contributed by atoms with Gasteiger partial charge in [-0.3, -0.25) is 9.59 Å². The molecule has 1 aliphatic heterocycles. The number of β-amino-alcohol motifs (C(OH)–C–C–N with tert-alkyl or cyclic N) is 1. The van der Waals surface area contributed by atoms with E-state index in [0.29, 0.717) is 19.4 Å². The van der Waals surface area contributed by atoms with Crippen LogP contribution in [0, 0.1) is 0 Å². The molecule has 0 aromatic heterocycles. The van der Waals surface area contributed by atoms with E-state index in [-0.39, 0.29) is 17.8 Å². The number of amides is 2. The number of anilines is 1. The number of hydrogen-bond donors (Lipinski definition) is 2. The van der Waals surface area contributed by atoms with Crippen molar-refractivity contribution in [2.75, 3.05) is 18.4 Å². The standard InChI is InChI=1S/C15H17F3N2O3/c16-15(17,18)8-10-3-1-4-11(7-10)19-13(22)14(23)20-6-2-5-12(21)9-20/h1,3-4,7,12,21H,2,5-6,8-9H2,(H,19,22). The summed E-state index contributed by atoms with van der Waals surface area (Å²) in [5.41, 5.74) is 0.124. The lowest BCUT2D eigenvalue weighted by molar-refractivity contribution is -0.145. The summed E-state index contributed by atoms with van der Waals surface area (Å²) in [6.07, 6.45) is -4.94. The summed E-state index contributed by atoms with van der Waals surface area (Å²) in [5.74, 6) is -1.73. The van der Waals surface area contributed by atoms with Crippen molar-refractivity contribution in [3.8, 4) is 0 Å². The predicted octanol–water partition coefficient (Wildman–Crippen LogP) is 1.71. The third kappa shape index (κ3) is 5.24.